The van der Waals surface area contributed by atoms with Crippen molar-refractivity contribution in [2.24, 2.45) is 10.9 Å². The Morgan fingerprint density at radius 2 is 2.21 bits per heavy atom. The Kier molecular flexibility index (Phi) is 4.63. The number of amidine groups is 1. The summed E-state index contributed by atoms with van der Waals surface area (Å²) in [5.74, 6) is 0.136. The first kappa shape index (κ1) is 13.7. The van der Waals surface area contributed by atoms with Crippen molar-refractivity contribution < 1.29 is 9.94 Å². The zero-order valence-electron chi connectivity index (χ0n) is 11.2. The Hall–Kier alpha value is -1.75. The van der Waals surface area contributed by atoms with Crippen LogP contribution in [0.25, 0.3) is 0 Å². The number of rotatable bonds is 4. The molecule has 3 N–H and O–H groups in total. The minimum atomic E-state index is 0.136. The average Bonchev–Trinajstić information content (AvgIpc) is 2.47. The fraction of sp³-hybridized carbons (Fsp3) is 0.500. The van der Waals surface area contributed by atoms with Crippen LogP contribution >= 0.6 is 0 Å². The summed E-state index contributed by atoms with van der Waals surface area (Å²) in [5.41, 5.74) is 7.43. The van der Waals surface area contributed by atoms with Gasteiger partial charge in [-0.15, -0.1) is 0 Å². The largest absolute Gasteiger partial charge is 0.409 e. The molecule has 1 unspecified atom stereocenters. The van der Waals surface area contributed by atoms with E-state index >= 15 is 0 Å². The third-order valence-electron chi connectivity index (χ3n) is 3.42. The van der Waals surface area contributed by atoms with Crippen LogP contribution in [0.15, 0.2) is 29.4 Å². The highest BCUT2D eigenvalue weighted by molar-refractivity contribution is 5.97. The van der Waals surface area contributed by atoms with E-state index in [4.69, 9.17) is 15.7 Å². The molecule has 1 aliphatic heterocycles. The number of oxime groups is 1. The molecule has 0 amide bonds. The molecule has 1 heterocycles. The van der Waals surface area contributed by atoms with E-state index in [1.807, 2.05) is 31.2 Å². The predicted molar refractivity (Wildman–Crippen MR) is 75.8 cm³/mol. The quantitative estimate of drug-likeness (QED) is 0.376. The minimum Gasteiger partial charge on any atom is -0.409 e. The predicted octanol–water partition coefficient (Wildman–Crippen LogP) is 1.79. The van der Waals surface area contributed by atoms with Crippen molar-refractivity contribution in [2.75, 3.05) is 24.6 Å². The lowest BCUT2D eigenvalue weighted by Gasteiger charge is -2.34. The van der Waals surface area contributed by atoms with Crippen LogP contribution in [0.2, 0.25) is 0 Å². The van der Waals surface area contributed by atoms with Gasteiger partial charge in [0.2, 0.25) is 0 Å². The van der Waals surface area contributed by atoms with Crippen LogP contribution in [-0.4, -0.2) is 36.8 Å². The van der Waals surface area contributed by atoms with Crippen molar-refractivity contribution >= 4 is 11.5 Å². The molecule has 1 aromatic rings. The molecule has 0 bridgehead atoms. The van der Waals surface area contributed by atoms with E-state index < -0.39 is 0 Å². The lowest BCUT2D eigenvalue weighted by atomic mass is 10.1. The van der Waals surface area contributed by atoms with Crippen molar-refractivity contribution in [1.29, 1.82) is 0 Å². The lowest BCUT2D eigenvalue weighted by Crippen LogP contribution is -2.39. The van der Waals surface area contributed by atoms with Gasteiger partial charge in [0.15, 0.2) is 5.84 Å². The molecule has 0 saturated carbocycles. The Morgan fingerprint density at radius 1 is 1.47 bits per heavy atom. The van der Waals surface area contributed by atoms with E-state index in [0.717, 1.165) is 43.8 Å². The topological polar surface area (TPSA) is 71.1 Å². The average molecular weight is 263 g/mol. The van der Waals surface area contributed by atoms with Gasteiger partial charge in [-0.3, -0.25) is 0 Å². The monoisotopic (exact) mass is 263 g/mol. The van der Waals surface area contributed by atoms with Gasteiger partial charge in [0.05, 0.1) is 6.10 Å². The van der Waals surface area contributed by atoms with Crippen molar-refractivity contribution in [3.63, 3.8) is 0 Å². The normalized spacial score (nSPS) is 20.6. The third kappa shape index (κ3) is 3.38. The second-order valence-electron chi connectivity index (χ2n) is 4.70. The summed E-state index contributed by atoms with van der Waals surface area (Å²) in [6.45, 7) is 4.77. The molecule has 1 aliphatic rings. The first-order chi connectivity index (χ1) is 9.24. The van der Waals surface area contributed by atoms with E-state index in [1.165, 1.54) is 0 Å². The second-order valence-corrected chi connectivity index (χ2v) is 4.70. The zero-order valence-corrected chi connectivity index (χ0v) is 11.2. The maximum Gasteiger partial charge on any atom is 0.170 e. The highest BCUT2D eigenvalue weighted by atomic mass is 16.5. The molecule has 1 saturated heterocycles. The van der Waals surface area contributed by atoms with Crippen LogP contribution in [0.4, 0.5) is 5.69 Å². The van der Waals surface area contributed by atoms with Gasteiger partial charge in [-0.1, -0.05) is 5.16 Å². The summed E-state index contributed by atoms with van der Waals surface area (Å²) in [5, 5.41) is 11.6. The molecule has 0 aromatic heterocycles. The lowest BCUT2D eigenvalue weighted by molar-refractivity contribution is 0.0527. The van der Waals surface area contributed by atoms with Gasteiger partial charge in [-0.25, -0.2) is 0 Å². The smallest absolute Gasteiger partial charge is 0.170 e. The number of nitrogens with two attached hydrogens (primary N) is 1. The fourth-order valence-corrected chi connectivity index (χ4v) is 2.45. The van der Waals surface area contributed by atoms with Crippen molar-refractivity contribution in [1.82, 2.24) is 0 Å². The van der Waals surface area contributed by atoms with Gasteiger partial charge >= 0.3 is 0 Å². The van der Waals surface area contributed by atoms with Crippen LogP contribution in [0, 0.1) is 0 Å². The van der Waals surface area contributed by atoms with Gasteiger partial charge in [0.25, 0.3) is 0 Å². The molecule has 104 valence electrons. The van der Waals surface area contributed by atoms with E-state index in [9.17, 15) is 0 Å². The number of hydrogen-bond acceptors (Lipinski definition) is 4. The number of hydrogen-bond donors (Lipinski definition) is 2. The molecule has 5 heteroatoms. The molecule has 1 atom stereocenters. The Balaban J connectivity index is 2.05. The number of nitrogens with zero attached hydrogens (tertiary/aromatic N) is 2. The zero-order chi connectivity index (χ0) is 13.7. The van der Waals surface area contributed by atoms with Crippen molar-refractivity contribution in [2.45, 2.75) is 25.9 Å². The maximum absolute atomic E-state index is 8.64. The van der Waals surface area contributed by atoms with Crippen molar-refractivity contribution in [3.05, 3.63) is 29.8 Å². The van der Waals surface area contributed by atoms with E-state index in [0.29, 0.717) is 6.10 Å². The SMILES string of the molecule is CCOC1CCCN(c2ccc(/C(N)=N/O)cc2)C1. The van der Waals surface area contributed by atoms with Gasteiger partial charge in [-0.05, 0) is 44.0 Å². The van der Waals surface area contributed by atoms with E-state index in [-0.39, 0.29) is 5.84 Å². The fourth-order valence-electron chi connectivity index (χ4n) is 2.45. The standard InChI is InChI=1S/C14H21N3O2/c1-2-19-13-4-3-9-17(10-13)12-7-5-11(6-8-12)14(15)16-18/h5-8,13,18H,2-4,9-10H2,1H3,(H2,15,16). The number of anilines is 1. The first-order valence-electron chi connectivity index (χ1n) is 6.69. The second kappa shape index (κ2) is 6.43. The van der Waals surface area contributed by atoms with E-state index in [2.05, 4.69) is 10.1 Å². The van der Waals surface area contributed by atoms with E-state index in [1.54, 1.807) is 0 Å². The molecule has 0 spiro atoms. The summed E-state index contributed by atoms with van der Waals surface area (Å²) in [4.78, 5) is 2.32. The Bertz CT molecular complexity index is 429. The summed E-state index contributed by atoms with van der Waals surface area (Å²) in [6, 6.07) is 7.74. The van der Waals surface area contributed by atoms with Gasteiger partial charge in [0.1, 0.15) is 0 Å². The van der Waals surface area contributed by atoms with Crippen LogP contribution in [0.3, 0.4) is 0 Å². The van der Waals surface area contributed by atoms with Gasteiger partial charge in [-0.2, -0.15) is 0 Å². The molecule has 1 fully saturated rings. The number of benzene rings is 1. The number of piperidine rings is 1. The summed E-state index contributed by atoms with van der Waals surface area (Å²) >= 11 is 0. The summed E-state index contributed by atoms with van der Waals surface area (Å²) in [6.07, 6.45) is 2.60. The number of ether oxygens (including phenoxy) is 1. The Labute approximate surface area is 113 Å². The molecule has 5 nitrogen and oxygen atoms in total. The molecule has 19 heavy (non-hydrogen) atoms. The van der Waals surface area contributed by atoms with Gasteiger partial charge in [0, 0.05) is 30.9 Å². The van der Waals surface area contributed by atoms with Crippen LogP contribution < -0.4 is 10.6 Å². The van der Waals surface area contributed by atoms with Crippen molar-refractivity contribution in [3.8, 4) is 0 Å². The maximum atomic E-state index is 8.64. The molecule has 0 aliphatic carbocycles. The minimum absolute atomic E-state index is 0.136. The molecular weight excluding hydrogens is 242 g/mol. The highest BCUT2D eigenvalue weighted by Crippen LogP contribution is 2.21. The first-order valence-corrected chi connectivity index (χ1v) is 6.69. The molecule has 1 aromatic carbocycles. The van der Waals surface area contributed by atoms with Crippen LogP contribution in [0.1, 0.15) is 25.3 Å². The Morgan fingerprint density at radius 3 is 2.84 bits per heavy atom. The van der Waals surface area contributed by atoms with Crippen LogP contribution in [0.5, 0.6) is 0 Å². The van der Waals surface area contributed by atoms with Gasteiger partial charge < -0.3 is 20.6 Å². The third-order valence-corrected chi connectivity index (χ3v) is 3.42. The molecular formula is C14H21N3O2. The highest BCUT2D eigenvalue weighted by Gasteiger charge is 2.20. The van der Waals surface area contributed by atoms with Crippen LogP contribution in [-0.2, 0) is 4.74 Å². The summed E-state index contributed by atoms with van der Waals surface area (Å²) < 4.78 is 5.70. The summed E-state index contributed by atoms with van der Waals surface area (Å²) in [7, 11) is 0. The molecule has 0 radical (unpaired) electrons. The molecule has 2 rings (SSSR count).